The lowest BCUT2D eigenvalue weighted by molar-refractivity contribution is -0.356. The molecule has 0 aromatic carbocycles. The van der Waals surface area contributed by atoms with E-state index in [4.69, 9.17) is 5.21 Å². The van der Waals surface area contributed by atoms with Gasteiger partial charge in [-0.3, -0.25) is 0 Å². The molecule has 0 aromatic rings. The molecule has 0 saturated heterocycles. The topological polar surface area (TPSA) is 75.7 Å². The first-order chi connectivity index (χ1) is 6.24. The van der Waals surface area contributed by atoms with E-state index in [1.54, 1.807) is 0 Å². The van der Waals surface area contributed by atoms with Crippen LogP contribution >= 0.6 is 0 Å². The van der Waals surface area contributed by atoms with Crippen molar-refractivity contribution in [1.29, 1.82) is 0 Å². The SMILES string of the molecule is O=[N+]([O-])/C(CC1CCCCC1)=N\O. The number of hydrogen-bond donors (Lipinski definition) is 1. The van der Waals surface area contributed by atoms with Crippen molar-refractivity contribution in [2.45, 2.75) is 38.5 Å². The first-order valence-electron chi connectivity index (χ1n) is 4.59. The van der Waals surface area contributed by atoms with E-state index in [0.29, 0.717) is 12.3 Å². The van der Waals surface area contributed by atoms with Crippen LogP contribution in [0.3, 0.4) is 0 Å². The van der Waals surface area contributed by atoms with Crippen LogP contribution in [0, 0.1) is 16.0 Å². The van der Waals surface area contributed by atoms with Crippen molar-refractivity contribution in [3.63, 3.8) is 0 Å². The Kier molecular flexibility index (Phi) is 3.67. The van der Waals surface area contributed by atoms with Crippen LogP contribution in [-0.2, 0) is 0 Å². The van der Waals surface area contributed by atoms with Gasteiger partial charge in [-0.1, -0.05) is 19.3 Å². The highest BCUT2D eigenvalue weighted by Gasteiger charge is 2.22. The van der Waals surface area contributed by atoms with Gasteiger partial charge < -0.3 is 15.3 Å². The van der Waals surface area contributed by atoms with E-state index in [1.807, 2.05) is 0 Å². The standard InChI is InChI=1S/C8H14N2O3/c11-9-8(10(12)13)6-7-4-2-1-3-5-7/h7,11H,1-6H2/b9-8-. The third kappa shape index (κ3) is 3.01. The predicted molar refractivity (Wildman–Crippen MR) is 47.4 cm³/mol. The van der Waals surface area contributed by atoms with Gasteiger partial charge in [0.05, 0.1) is 6.42 Å². The molecule has 0 aliphatic heterocycles. The summed E-state index contributed by atoms with van der Waals surface area (Å²) in [6, 6.07) is 0. The van der Waals surface area contributed by atoms with Gasteiger partial charge in [0.1, 0.15) is 5.16 Å². The molecular weight excluding hydrogens is 172 g/mol. The Morgan fingerprint density at radius 2 is 2.08 bits per heavy atom. The molecule has 1 aliphatic carbocycles. The zero-order valence-electron chi connectivity index (χ0n) is 7.48. The van der Waals surface area contributed by atoms with Crippen molar-refractivity contribution in [1.82, 2.24) is 0 Å². The minimum absolute atomic E-state index is 0.299. The summed E-state index contributed by atoms with van der Waals surface area (Å²) in [6.07, 6.45) is 5.85. The molecule has 1 fully saturated rings. The van der Waals surface area contributed by atoms with Crippen LogP contribution in [0.4, 0.5) is 0 Å². The van der Waals surface area contributed by atoms with E-state index >= 15 is 0 Å². The Morgan fingerprint density at radius 1 is 1.46 bits per heavy atom. The van der Waals surface area contributed by atoms with Crippen LogP contribution in [0.15, 0.2) is 5.16 Å². The number of amidine groups is 1. The van der Waals surface area contributed by atoms with Gasteiger partial charge in [-0.25, -0.2) is 0 Å². The largest absolute Gasteiger partial charge is 0.385 e. The third-order valence-electron chi connectivity index (χ3n) is 2.52. The molecule has 1 rings (SSSR count). The van der Waals surface area contributed by atoms with Crippen LogP contribution in [-0.4, -0.2) is 16.0 Å². The molecule has 13 heavy (non-hydrogen) atoms. The Bertz CT molecular complexity index is 209. The molecular formula is C8H14N2O3. The maximum atomic E-state index is 10.3. The zero-order valence-corrected chi connectivity index (χ0v) is 7.48. The zero-order chi connectivity index (χ0) is 9.68. The summed E-state index contributed by atoms with van der Waals surface area (Å²) in [5, 5.41) is 21.4. The average Bonchev–Trinajstić information content (AvgIpc) is 2.15. The lowest BCUT2D eigenvalue weighted by atomic mass is 9.87. The Hall–Kier alpha value is -1.13. The van der Waals surface area contributed by atoms with Crippen LogP contribution in [0.25, 0.3) is 0 Å². The van der Waals surface area contributed by atoms with Crippen molar-refractivity contribution in [2.24, 2.45) is 11.1 Å². The van der Waals surface area contributed by atoms with Gasteiger partial charge in [-0.05, 0) is 23.7 Å². The Morgan fingerprint density at radius 3 is 2.54 bits per heavy atom. The van der Waals surface area contributed by atoms with Crippen molar-refractivity contribution in [3.8, 4) is 0 Å². The second-order valence-corrected chi connectivity index (χ2v) is 3.48. The summed E-state index contributed by atoms with van der Waals surface area (Å²) in [4.78, 5) is 9.72. The maximum absolute atomic E-state index is 10.3. The molecule has 0 heterocycles. The second-order valence-electron chi connectivity index (χ2n) is 3.48. The molecule has 0 aromatic heterocycles. The van der Waals surface area contributed by atoms with Crippen molar-refractivity contribution >= 4 is 5.84 Å². The van der Waals surface area contributed by atoms with E-state index in [9.17, 15) is 10.1 Å². The molecule has 0 amide bonds. The quantitative estimate of drug-likeness (QED) is 0.235. The van der Waals surface area contributed by atoms with Crippen LogP contribution in [0.5, 0.6) is 0 Å². The highest BCUT2D eigenvalue weighted by Crippen LogP contribution is 2.26. The monoisotopic (exact) mass is 186 g/mol. The van der Waals surface area contributed by atoms with Gasteiger partial charge in [0, 0.05) is 0 Å². The van der Waals surface area contributed by atoms with Gasteiger partial charge >= 0.3 is 5.84 Å². The molecule has 1 aliphatic rings. The predicted octanol–water partition coefficient (Wildman–Crippen LogP) is 2.02. The van der Waals surface area contributed by atoms with E-state index in [-0.39, 0.29) is 5.84 Å². The summed E-state index contributed by atoms with van der Waals surface area (Å²) in [5.74, 6) is 0.0388. The lowest BCUT2D eigenvalue weighted by Gasteiger charge is -2.19. The number of nitrogens with zero attached hydrogens (tertiary/aromatic N) is 2. The molecule has 5 heteroatoms. The summed E-state index contributed by atoms with van der Waals surface area (Å²) in [7, 11) is 0. The summed E-state index contributed by atoms with van der Waals surface area (Å²) < 4.78 is 0. The lowest BCUT2D eigenvalue weighted by Crippen LogP contribution is -2.18. The van der Waals surface area contributed by atoms with Gasteiger partial charge in [-0.2, -0.15) is 0 Å². The first kappa shape index (κ1) is 9.95. The second kappa shape index (κ2) is 4.79. The smallest absolute Gasteiger partial charge is 0.358 e. The minimum atomic E-state index is -0.603. The van der Waals surface area contributed by atoms with Gasteiger partial charge in [-0.15, -0.1) is 0 Å². The van der Waals surface area contributed by atoms with Gasteiger partial charge in [0.15, 0.2) is 0 Å². The Labute approximate surface area is 76.6 Å². The summed E-state index contributed by atoms with van der Waals surface area (Å²) in [5.41, 5.74) is 0. The van der Waals surface area contributed by atoms with Gasteiger partial charge in [0.2, 0.25) is 0 Å². The van der Waals surface area contributed by atoms with Crippen LogP contribution in [0.1, 0.15) is 38.5 Å². The van der Waals surface area contributed by atoms with Crippen molar-refractivity contribution in [3.05, 3.63) is 10.1 Å². The molecule has 1 N–H and O–H groups in total. The molecule has 0 bridgehead atoms. The fourth-order valence-electron chi connectivity index (χ4n) is 1.80. The summed E-state index contributed by atoms with van der Waals surface area (Å²) in [6.45, 7) is 0. The number of hydrogen-bond acceptors (Lipinski definition) is 4. The molecule has 0 spiro atoms. The van der Waals surface area contributed by atoms with Crippen molar-refractivity contribution < 1.29 is 10.1 Å². The molecule has 5 nitrogen and oxygen atoms in total. The van der Waals surface area contributed by atoms with Crippen molar-refractivity contribution in [2.75, 3.05) is 0 Å². The third-order valence-corrected chi connectivity index (χ3v) is 2.52. The maximum Gasteiger partial charge on any atom is 0.385 e. The first-order valence-corrected chi connectivity index (χ1v) is 4.59. The molecule has 74 valence electrons. The van der Waals surface area contributed by atoms with Crippen LogP contribution < -0.4 is 0 Å². The number of rotatable bonds is 2. The number of nitro groups is 1. The fourth-order valence-corrected chi connectivity index (χ4v) is 1.80. The Balaban J connectivity index is 2.41. The van der Waals surface area contributed by atoms with E-state index in [1.165, 1.54) is 6.42 Å². The number of oxime groups is 1. The molecule has 0 atom stereocenters. The molecule has 0 radical (unpaired) electrons. The van der Waals surface area contributed by atoms with Crippen LogP contribution in [0.2, 0.25) is 0 Å². The fraction of sp³-hybridized carbons (Fsp3) is 0.875. The van der Waals surface area contributed by atoms with E-state index in [0.717, 1.165) is 25.7 Å². The highest BCUT2D eigenvalue weighted by molar-refractivity contribution is 5.73. The normalized spacial score (nSPS) is 20.2. The minimum Gasteiger partial charge on any atom is -0.358 e. The molecule has 1 saturated carbocycles. The van der Waals surface area contributed by atoms with Gasteiger partial charge in [0.25, 0.3) is 0 Å². The van der Waals surface area contributed by atoms with E-state index < -0.39 is 4.92 Å². The average molecular weight is 186 g/mol. The highest BCUT2D eigenvalue weighted by atomic mass is 16.6. The van der Waals surface area contributed by atoms with E-state index in [2.05, 4.69) is 5.16 Å². The summed E-state index contributed by atoms with van der Waals surface area (Å²) >= 11 is 0. The molecule has 0 unspecified atom stereocenters.